The smallest absolute Gasteiger partial charge is 0.246 e. The number of aryl methyl sites for hydroxylation is 2. The van der Waals surface area contributed by atoms with Crippen LogP contribution in [0.15, 0.2) is 4.90 Å². The van der Waals surface area contributed by atoms with Crippen LogP contribution in [0.1, 0.15) is 45.0 Å². The fourth-order valence-electron chi connectivity index (χ4n) is 3.00. The number of rotatable bonds is 3. The van der Waals surface area contributed by atoms with Gasteiger partial charge in [0.25, 0.3) is 0 Å². The first-order chi connectivity index (χ1) is 11.0. The molecule has 0 spiro atoms. The number of aromatic amines is 1. The van der Waals surface area contributed by atoms with Crippen LogP contribution in [-0.2, 0) is 14.8 Å². The second-order valence-corrected chi connectivity index (χ2v) is 9.51. The van der Waals surface area contributed by atoms with Crippen LogP contribution in [0, 0.1) is 19.3 Å². The van der Waals surface area contributed by atoms with Gasteiger partial charge in [-0.2, -0.15) is 9.40 Å². The first-order valence-corrected chi connectivity index (χ1v) is 9.76. The van der Waals surface area contributed by atoms with E-state index in [9.17, 15) is 13.2 Å². The number of carbonyl (C=O) groups excluding carboxylic acids is 1. The molecular formula is C16H28N4O3S. The minimum absolute atomic E-state index is 0.0693. The van der Waals surface area contributed by atoms with Crippen LogP contribution in [0.3, 0.4) is 0 Å². The lowest BCUT2D eigenvalue weighted by Gasteiger charge is -2.25. The van der Waals surface area contributed by atoms with Crippen LogP contribution in [0.5, 0.6) is 0 Å². The van der Waals surface area contributed by atoms with Gasteiger partial charge in [-0.25, -0.2) is 8.42 Å². The van der Waals surface area contributed by atoms with Gasteiger partial charge in [0.15, 0.2) is 0 Å². The van der Waals surface area contributed by atoms with Gasteiger partial charge in [0.05, 0.1) is 11.4 Å². The Balaban J connectivity index is 2.12. The molecule has 1 aliphatic heterocycles. The third-order valence-corrected chi connectivity index (χ3v) is 6.31. The lowest BCUT2D eigenvalue weighted by atomic mass is 9.91. The van der Waals surface area contributed by atoms with Crippen molar-refractivity contribution in [3.8, 4) is 0 Å². The highest BCUT2D eigenvalue weighted by Crippen LogP contribution is 2.24. The molecule has 0 aromatic carbocycles. The van der Waals surface area contributed by atoms with Crippen molar-refractivity contribution in [2.24, 2.45) is 5.41 Å². The van der Waals surface area contributed by atoms with Crippen molar-refractivity contribution in [3.63, 3.8) is 0 Å². The van der Waals surface area contributed by atoms with Gasteiger partial charge in [0, 0.05) is 32.6 Å². The lowest BCUT2D eigenvalue weighted by Crippen LogP contribution is -2.38. The molecule has 0 saturated carbocycles. The number of nitrogens with zero attached hydrogens (tertiary/aromatic N) is 3. The number of sulfonamides is 1. The summed E-state index contributed by atoms with van der Waals surface area (Å²) < 4.78 is 27.3. The molecule has 1 amide bonds. The molecule has 0 aliphatic carbocycles. The van der Waals surface area contributed by atoms with Crippen LogP contribution < -0.4 is 0 Å². The molecule has 1 N–H and O–H groups in total. The lowest BCUT2D eigenvalue weighted by molar-refractivity contribution is -0.132. The third kappa shape index (κ3) is 4.16. The van der Waals surface area contributed by atoms with Crippen LogP contribution in [0.2, 0.25) is 0 Å². The molecule has 2 heterocycles. The molecule has 136 valence electrons. The molecule has 7 nitrogen and oxygen atoms in total. The molecule has 0 radical (unpaired) electrons. The Morgan fingerprint density at radius 3 is 2.38 bits per heavy atom. The van der Waals surface area contributed by atoms with Crippen molar-refractivity contribution >= 4 is 15.9 Å². The zero-order valence-electron chi connectivity index (χ0n) is 15.2. The summed E-state index contributed by atoms with van der Waals surface area (Å²) in [6, 6.07) is 0. The molecular weight excluding hydrogens is 328 g/mol. The summed E-state index contributed by atoms with van der Waals surface area (Å²) in [6.45, 7) is 11.3. The van der Waals surface area contributed by atoms with Crippen LogP contribution >= 0.6 is 0 Å². The molecule has 1 saturated heterocycles. The van der Waals surface area contributed by atoms with Crippen molar-refractivity contribution < 1.29 is 13.2 Å². The van der Waals surface area contributed by atoms with E-state index in [2.05, 4.69) is 10.2 Å². The molecule has 8 heteroatoms. The van der Waals surface area contributed by atoms with E-state index in [0.717, 1.165) is 0 Å². The zero-order valence-corrected chi connectivity index (χ0v) is 16.0. The Morgan fingerprint density at radius 1 is 1.17 bits per heavy atom. The third-order valence-electron chi connectivity index (χ3n) is 4.15. The highest BCUT2D eigenvalue weighted by molar-refractivity contribution is 7.89. The molecule has 2 rings (SSSR count). The summed E-state index contributed by atoms with van der Waals surface area (Å²) in [6.07, 6.45) is 1.12. The van der Waals surface area contributed by atoms with E-state index in [1.807, 2.05) is 20.8 Å². The molecule has 1 aromatic rings. The maximum Gasteiger partial charge on any atom is 0.246 e. The first-order valence-electron chi connectivity index (χ1n) is 8.32. The number of hydrogen-bond acceptors (Lipinski definition) is 4. The number of carbonyl (C=O) groups is 1. The fraction of sp³-hybridized carbons (Fsp3) is 0.750. The SMILES string of the molecule is Cc1n[nH]c(C)c1S(=O)(=O)N1CCCN(C(=O)CC(C)(C)C)CC1. The molecule has 1 aromatic heterocycles. The number of amides is 1. The molecule has 0 bridgehead atoms. The van der Waals surface area contributed by atoms with E-state index in [4.69, 9.17) is 0 Å². The van der Waals surface area contributed by atoms with Gasteiger partial charge in [0.1, 0.15) is 4.90 Å². The summed E-state index contributed by atoms with van der Waals surface area (Å²) in [4.78, 5) is 14.5. The van der Waals surface area contributed by atoms with Crippen molar-refractivity contribution in [1.29, 1.82) is 0 Å². The highest BCUT2D eigenvalue weighted by Gasteiger charge is 2.32. The standard InChI is InChI=1S/C16H28N4O3S/c1-12-15(13(2)18-17-12)24(22,23)20-8-6-7-19(9-10-20)14(21)11-16(3,4)5/h6-11H2,1-5H3,(H,17,18). The van der Waals surface area contributed by atoms with Crippen molar-refractivity contribution in [1.82, 2.24) is 19.4 Å². The maximum absolute atomic E-state index is 12.9. The number of H-pyrrole nitrogens is 1. The Bertz CT molecular complexity index is 684. The molecule has 0 atom stereocenters. The largest absolute Gasteiger partial charge is 0.341 e. The van der Waals surface area contributed by atoms with Gasteiger partial charge >= 0.3 is 0 Å². The molecule has 24 heavy (non-hydrogen) atoms. The van der Waals surface area contributed by atoms with Crippen molar-refractivity contribution in [3.05, 3.63) is 11.4 Å². The number of hydrogen-bond donors (Lipinski definition) is 1. The van der Waals surface area contributed by atoms with E-state index < -0.39 is 10.0 Å². The highest BCUT2D eigenvalue weighted by atomic mass is 32.2. The van der Waals surface area contributed by atoms with Gasteiger partial charge in [-0.15, -0.1) is 0 Å². The summed E-state index contributed by atoms with van der Waals surface area (Å²) >= 11 is 0. The minimum atomic E-state index is -3.59. The van der Waals surface area contributed by atoms with Crippen molar-refractivity contribution in [2.45, 2.75) is 52.4 Å². The van der Waals surface area contributed by atoms with Crippen molar-refractivity contribution in [2.75, 3.05) is 26.2 Å². The summed E-state index contributed by atoms with van der Waals surface area (Å²) in [7, 11) is -3.59. The fourth-order valence-corrected chi connectivity index (χ4v) is 4.80. The van der Waals surface area contributed by atoms with E-state index in [1.54, 1.807) is 18.7 Å². The first kappa shape index (κ1) is 18.9. The number of nitrogens with one attached hydrogen (secondary N) is 1. The topological polar surface area (TPSA) is 86.4 Å². The second kappa shape index (κ2) is 6.84. The van der Waals surface area contributed by atoms with E-state index in [1.165, 1.54) is 4.31 Å². The van der Waals surface area contributed by atoms with E-state index in [0.29, 0.717) is 50.4 Å². The summed E-state index contributed by atoms with van der Waals surface area (Å²) in [5, 5.41) is 6.72. The summed E-state index contributed by atoms with van der Waals surface area (Å²) in [5.74, 6) is 0.0948. The molecule has 1 fully saturated rings. The van der Waals surface area contributed by atoms with E-state index in [-0.39, 0.29) is 16.2 Å². The monoisotopic (exact) mass is 356 g/mol. The Morgan fingerprint density at radius 2 is 1.83 bits per heavy atom. The number of aromatic nitrogens is 2. The van der Waals surface area contributed by atoms with Gasteiger partial charge in [-0.05, 0) is 25.7 Å². The molecule has 0 unspecified atom stereocenters. The Labute approximate surface area is 144 Å². The Hall–Kier alpha value is -1.41. The minimum Gasteiger partial charge on any atom is -0.341 e. The maximum atomic E-state index is 12.9. The average Bonchev–Trinajstić information content (AvgIpc) is 2.65. The van der Waals surface area contributed by atoms with Crippen LogP contribution in [0.4, 0.5) is 0 Å². The zero-order chi connectivity index (χ0) is 18.1. The average molecular weight is 356 g/mol. The van der Waals surface area contributed by atoms with Gasteiger partial charge in [-0.1, -0.05) is 20.8 Å². The Kier molecular flexibility index (Phi) is 5.39. The van der Waals surface area contributed by atoms with E-state index >= 15 is 0 Å². The van der Waals surface area contributed by atoms with Gasteiger partial charge in [-0.3, -0.25) is 9.89 Å². The quantitative estimate of drug-likeness (QED) is 0.893. The predicted molar refractivity (Wildman–Crippen MR) is 92.1 cm³/mol. The molecule has 1 aliphatic rings. The van der Waals surface area contributed by atoms with Gasteiger partial charge < -0.3 is 4.90 Å². The normalized spacial score (nSPS) is 17.8. The summed E-state index contributed by atoms with van der Waals surface area (Å²) in [5.41, 5.74) is 0.968. The van der Waals surface area contributed by atoms with Gasteiger partial charge in [0.2, 0.25) is 15.9 Å². The van der Waals surface area contributed by atoms with Crippen LogP contribution in [0.25, 0.3) is 0 Å². The van der Waals surface area contributed by atoms with Crippen LogP contribution in [-0.4, -0.2) is 59.9 Å². The predicted octanol–water partition coefficient (Wildman–Crippen LogP) is 1.69. The second-order valence-electron chi connectivity index (χ2n) is 7.64.